The van der Waals surface area contributed by atoms with Crippen molar-refractivity contribution in [3.8, 4) is 11.4 Å². The van der Waals surface area contributed by atoms with Gasteiger partial charge in [-0.1, -0.05) is 11.8 Å². The fraction of sp³-hybridized carbons (Fsp3) is 0.176. The van der Waals surface area contributed by atoms with E-state index in [-0.39, 0.29) is 0 Å². The van der Waals surface area contributed by atoms with E-state index >= 15 is 0 Å². The number of nitrogens with zero attached hydrogens (tertiary/aromatic N) is 5. The van der Waals surface area contributed by atoms with Gasteiger partial charge in [-0.15, -0.1) is 10.2 Å². The van der Waals surface area contributed by atoms with Gasteiger partial charge in [0.05, 0.1) is 24.6 Å². The van der Waals surface area contributed by atoms with Crippen LogP contribution in [0.25, 0.3) is 17.0 Å². The first-order chi connectivity index (χ1) is 13.1. The Balaban J connectivity index is 1.57. The minimum Gasteiger partial charge on any atom is -0.469 e. The molecule has 0 bridgehead atoms. The molecule has 4 rings (SSSR count). The lowest BCUT2D eigenvalue weighted by Crippen LogP contribution is -2.11. The van der Waals surface area contributed by atoms with Gasteiger partial charge >= 0.3 is 5.97 Å². The molecule has 0 saturated heterocycles. The van der Waals surface area contributed by atoms with Gasteiger partial charge in [0.2, 0.25) is 5.16 Å². The van der Waals surface area contributed by atoms with Crippen LogP contribution in [0.3, 0.4) is 0 Å². The van der Waals surface area contributed by atoms with Gasteiger partial charge in [0.1, 0.15) is 11.3 Å². The third kappa shape index (κ3) is 3.04. The average Bonchev–Trinajstić information content (AvgIpc) is 3.37. The van der Waals surface area contributed by atoms with E-state index in [4.69, 9.17) is 15.0 Å². The highest BCUT2D eigenvalue weighted by atomic mass is 32.2. The van der Waals surface area contributed by atoms with E-state index in [2.05, 4.69) is 15.2 Å². The third-order valence-corrected chi connectivity index (χ3v) is 5.03. The Morgan fingerprint density at radius 3 is 2.96 bits per heavy atom. The summed E-state index contributed by atoms with van der Waals surface area (Å²) in [5, 5.41) is 8.84. The Bertz CT molecular complexity index is 1130. The van der Waals surface area contributed by atoms with Gasteiger partial charge in [-0.25, -0.2) is 14.5 Å². The van der Waals surface area contributed by atoms with Crippen molar-refractivity contribution in [2.24, 2.45) is 0 Å². The molecule has 0 aliphatic heterocycles. The standard InChI is InChI=1S/C17H16N6O3S/c1-10-12(5-7-26-10)15-20-21-17(23(15)18)27-9-11-8-22-6-3-4-13(14(22)19-11)16(24)25-2/h3-8H,9,18H2,1-2H3. The van der Waals surface area contributed by atoms with Crippen molar-refractivity contribution >= 4 is 23.4 Å². The molecular formula is C17H16N6O3S. The summed E-state index contributed by atoms with van der Waals surface area (Å²) in [7, 11) is 1.35. The number of furan rings is 1. The van der Waals surface area contributed by atoms with Crippen LogP contribution in [0, 0.1) is 6.92 Å². The lowest BCUT2D eigenvalue weighted by molar-refractivity contribution is 0.0602. The quantitative estimate of drug-likeness (QED) is 0.317. The number of fused-ring (bicyclic) bond motifs is 1. The van der Waals surface area contributed by atoms with Crippen molar-refractivity contribution in [2.45, 2.75) is 17.8 Å². The van der Waals surface area contributed by atoms with Crippen LogP contribution >= 0.6 is 11.8 Å². The van der Waals surface area contributed by atoms with Gasteiger partial charge in [0, 0.05) is 18.1 Å². The molecule has 9 nitrogen and oxygen atoms in total. The van der Waals surface area contributed by atoms with E-state index in [0.29, 0.717) is 27.9 Å². The smallest absolute Gasteiger partial charge is 0.341 e. The number of ether oxygens (including phenoxy) is 1. The summed E-state index contributed by atoms with van der Waals surface area (Å²) in [4.78, 5) is 16.4. The molecule has 0 amide bonds. The first-order valence-electron chi connectivity index (χ1n) is 8.01. The van der Waals surface area contributed by atoms with Crippen LogP contribution in [-0.2, 0) is 10.5 Å². The van der Waals surface area contributed by atoms with Crippen LogP contribution in [0.5, 0.6) is 0 Å². The summed E-state index contributed by atoms with van der Waals surface area (Å²) in [5.74, 6) is 7.48. The maximum Gasteiger partial charge on any atom is 0.341 e. The maximum absolute atomic E-state index is 11.9. The molecule has 0 saturated carbocycles. The molecule has 0 atom stereocenters. The van der Waals surface area contributed by atoms with Crippen molar-refractivity contribution in [1.82, 2.24) is 24.3 Å². The molecule has 4 aromatic heterocycles. The van der Waals surface area contributed by atoms with E-state index in [9.17, 15) is 4.79 Å². The molecule has 0 spiro atoms. The number of aromatic nitrogens is 5. The average molecular weight is 384 g/mol. The molecule has 2 N–H and O–H groups in total. The van der Waals surface area contributed by atoms with Gasteiger partial charge < -0.3 is 19.4 Å². The Hall–Kier alpha value is -3.27. The number of nitrogen functional groups attached to an aromatic ring is 1. The Kier molecular flexibility index (Phi) is 4.32. The summed E-state index contributed by atoms with van der Waals surface area (Å²) in [6.07, 6.45) is 5.27. The fourth-order valence-electron chi connectivity index (χ4n) is 2.72. The van der Waals surface area contributed by atoms with E-state index in [0.717, 1.165) is 17.0 Å². The third-order valence-electron chi connectivity index (χ3n) is 4.05. The normalized spacial score (nSPS) is 11.2. The number of rotatable bonds is 5. The van der Waals surface area contributed by atoms with Gasteiger partial charge in [-0.2, -0.15) is 0 Å². The second kappa shape index (κ2) is 6.80. The van der Waals surface area contributed by atoms with Crippen molar-refractivity contribution in [3.05, 3.63) is 53.9 Å². The number of imidazole rings is 1. The van der Waals surface area contributed by atoms with Gasteiger partial charge in [-0.3, -0.25) is 0 Å². The highest BCUT2D eigenvalue weighted by molar-refractivity contribution is 7.98. The molecule has 0 radical (unpaired) electrons. The van der Waals surface area contributed by atoms with Crippen molar-refractivity contribution < 1.29 is 13.9 Å². The Morgan fingerprint density at radius 2 is 2.22 bits per heavy atom. The number of esters is 1. The number of nitrogens with two attached hydrogens (primary N) is 1. The molecule has 138 valence electrons. The molecule has 0 fully saturated rings. The lowest BCUT2D eigenvalue weighted by atomic mass is 10.2. The van der Waals surface area contributed by atoms with Crippen LogP contribution in [0.2, 0.25) is 0 Å². The number of carbonyl (C=O) groups is 1. The summed E-state index contributed by atoms with van der Waals surface area (Å²) in [6, 6.07) is 5.25. The molecule has 0 aromatic carbocycles. The van der Waals surface area contributed by atoms with E-state index < -0.39 is 5.97 Å². The molecule has 10 heteroatoms. The van der Waals surface area contributed by atoms with Crippen molar-refractivity contribution in [1.29, 1.82) is 0 Å². The Morgan fingerprint density at radius 1 is 1.37 bits per heavy atom. The lowest BCUT2D eigenvalue weighted by Gasteiger charge is -2.01. The fourth-order valence-corrected chi connectivity index (χ4v) is 3.46. The highest BCUT2D eigenvalue weighted by Crippen LogP contribution is 2.26. The molecular weight excluding hydrogens is 368 g/mol. The van der Waals surface area contributed by atoms with Crippen LogP contribution < -0.4 is 5.84 Å². The second-order valence-electron chi connectivity index (χ2n) is 5.73. The highest BCUT2D eigenvalue weighted by Gasteiger charge is 2.17. The minimum atomic E-state index is -0.424. The maximum atomic E-state index is 11.9. The zero-order valence-electron chi connectivity index (χ0n) is 14.6. The molecule has 0 unspecified atom stereocenters. The van der Waals surface area contributed by atoms with Crippen LogP contribution in [0.15, 0.2) is 46.4 Å². The number of carbonyl (C=O) groups excluding carboxylic acids is 1. The number of aryl methyl sites for hydroxylation is 1. The van der Waals surface area contributed by atoms with Gasteiger partial charge in [-0.05, 0) is 25.1 Å². The number of pyridine rings is 1. The predicted molar refractivity (Wildman–Crippen MR) is 98.7 cm³/mol. The monoisotopic (exact) mass is 384 g/mol. The topological polar surface area (TPSA) is 113 Å². The molecule has 4 heterocycles. The van der Waals surface area contributed by atoms with Crippen LogP contribution in [0.4, 0.5) is 0 Å². The van der Waals surface area contributed by atoms with Crippen LogP contribution in [0.1, 0.15) is 21.8 Å². The second-order valence-corrected chi connectivity index (χ2v) is 6.67. The minimum absolute atomic E-state index is 0.413. The summed E-state index contributed by atoms with van der Waals surface area (Å²) >= 11 is 1.40. The number of methoxy groups -OCH3 is 1. The summed E-state index contributed by atoms with van der Waals surface area (Å²) in [6.45, 7) is 1.84. The molecule has 4 aromatic rings. The van der Waals surface area contributed by atoms with E-state index in [1.165, 1.54) is 23.5 Å². The SMILES string of the molecule is COC(=O)c1cccn2cc(CSc3nnc(-c4ccoc4C)n3N)nc12. The number of hydrogen-bond acceptors (Lipinski definition) is 8. The largest absolute Gasteiger partial charge is 0.469 e. The van der Waals surface area contributed by atoms with Crippen molar-refractivity contribution in [3.63, 3.8) is 0 Å². The van der Waals surface area contributed by atoms with E-state index in [1.54, 1.807) is 28.9 Å². The van der Waals surface area contributed by atoms with Crippen molar-refractivity contribution in [2.75, 3.05) is 13.0 Å². The first kappa shape index (κ1) is 17.2. The molecule has 0 aliphatic rings. The summed E-state index contributed by atoms with van der Waals surface area (Å²) in [5.41, 5.74) is 2.53. The number of thioether (sulfide) groups is 1. The van der Waals surface area contributed by atoms with Crippen LogP contribution in [-0.4, -0.2) is 37.3 Å². The summed E-state index contributed by atoms with van der Waals surface area (Å²) < 4.78 is 13.3. The number of hydrogen-bond donors (Lipinski definition) is 1. The molecule has 27 heavy (non-hydrogen) atoms. The molecule has 0 aliphatic carbocycles. The zero-order chi connectivity index (χ0) is 19.0. The predicted octanol–water partition coefficient (Wildman–Crippen LogP) is 2.29. The van der Waals surface area contributed by atoms with E-state index in [1.807, 2.05) is 19.3 Å². The Labute approximate surface area is 158 Å². The first-order valence-corrected chi connectivity index (χ1v) is 8.99. The van der Waals surface area contributed by atoms with Gasteiger partial charge in [0.25, 0.3) is 0 Å². The zero-order valence-corrected chi connectivity index (χ0v) is 15.4. The van der Waals surface area contributed by atoms with Gasteiger partial charge in [0.15, 0.2) is 11.5 Å².